The molecule has 1 heterocycles. The minimum atomic E-state index is -0.723. The number of hydrogen-bond donors (Lipinski definition) is 1. The molecule has 1 amide bonds. The molecular weight excluding hydrogens is 458 g/mol. The smallest absolute Gasteiger partial charge is 0.226 e. The molecule has 1 fully saturated rings. The van der Waals surface area contributed by atoms with Crippen LogP contribution in [0.15, 0.2) is 72.8 Å². The Labute approximate surface area is 203 Å². The molecule has 0 radical (unpaired) electrons. The number of halogens is 3. The van der Waals surface area contributed by atoms with Crippen molar-refractivity contribution in [1.82, 2.24) is 10.2 Å². The molecule has 1 N–H and O–H groups in total. The van der Waals surface area contributed by atoms with E-state index in [1.165, 1.54) is 18.2 Å². The number of carbonyl (C=O) groups is 1. The molecule has 3 aromatic carbocycles. The lowest BCUT2D eigenvalue weighted by Crippen LogP contribution is -2.45. The number of nitrogens with zero attached hydrogens (tertiary/aromatic N) is 1. The van der Waals surface area contributed by atoms with E-state index in [1.54, 1.807) is 47.4 Å². The number of rotatable bonds is 8. The van der Waals surface area contributed by atoms with Crippen LogP contribution in [0.1, 0.15) is 30.0 Å². The first kappa shape index (κ1) is 24.2. The zero-order valence-corrected chi connectivity index (χ0v) is 19.5. The molecule has 178 valence electrons. The van der Waals surface area contributed by atoms with Gasteiger partial charge in [-0.25, -0.2) is 8.78 Å². The molecule has 0 bridgehead atoms. The Balaban J connectivity index is 1.69. The van der Waals surface area contributed by atoms with E-state index in [0.717, 1.165) is 13.1 Å². The van der Waals surface area contributed by atoms with Crippen molar-refractivity contribution in [2.75, 3.05) is 26.2 Å². The quantitative estimate of drug-likeness (QED) is 0.451. The summed E-state index contributed by atoms with van der Waals surface area (Å²) in [5, 5.41) is 3.75. The number of carbonyl (C=O) groups excluding carboxylic acids is 1. The van der Waals surface area contributed by atoms with Gasteiger partial charge in [0.05, 0.1) is 17.6 Å². The second kappa shape index (κ2) is 11.4. The van der Waals surface area contributed by atoms with Crippen molar-refractivity contribution >= 4 is 17.5 Å². The SMILES string of the molecule is O=C(C1CCNCC1)N(CCOc1ccccc1Cl)[C@@H](c1ccc(F)cc1)c1ccccc1F. The van der Waals surface area contributed by atoms with Gasteiger partial charge in [0.1, 0.15) is 24.0 Å². The first-order chi connectivity index (χ1) is 16.5. The summed E-state index contributed by atoms with van der Waals surface area (Å²) in [5.41, 5.74) is 0.987. The maximum absolute atomic E-state index is 15.0. The third kappa shape index (κ3) is 5.75. The molecular formula is C27H27ClF2N2O2. The van der Waals surface area contributed by atoms with Crippen LogP contribution < -0.4 is 10.1 Å². The summed E-state index contributed by atoms with van der Waals surface area (Å²) in [7, 11) is 0. The van der Waals surface area contributed by atoms with Crippen molar-refractivity contribution < 1.29 is 18.3 Å². The molecule has 0 saturated carbocycles. The zero-order valence-electron chi connectivity index (χ0n) is 18.7. The van der Waals surface area contributed by atoms with Crippen LogP contribution in [0.2, 0.25) is 5.02 Å². The topological polar surface area (TPSA) is 41.6 Å². The van der Waals surface area contributed by atoms with Crippen molar-refractivity contribution in [3.05, 3.63) is 101 Å². The van der Waals surface area contributed by atoms with Gasteiger partial charge in [-0.05, 0) is 61.8 Å². The van der Waals surface area contributed by atoms with Gasteiger partial charge in [-0.2, -0.15) is 0 Å². The fourth-order valence-electron chi connectivity index (χ4n) is 4.35. The van der Waals surface area contributed by atoms with Crippen LogP contribution in [0.25, 0.3) is 0 Å². The van der Waals surface area contributed by atoms with E-state index < -0.39 is 17.7 Å². The lowest BCUT2D eigenvalue weighted by molar-refractivity contribution is -0.138. The Morgan fingerprint density at radius 1 is 1.00 bits per heavy atom. The predicted octanol–water partition coefficient (Wildman–Crippen LogP) is 5.61. The zero-order chi connectivity index (χ0) is 23.9. The van der Waals surface area contributed by atoms with Crippen LogP contribution in [0.3, 0.4) is 0 Å². The Kier molecular flexibility index (Phi) is 8.14. The van der Waals surface area contributed by atoms with Crippen LogP contribution in [0.4, 0.5) is 8.78 Å². The van der Waals surface area contributed by atoms with Crippen molar-refractivity contribution in [3.8, 4) is 5.75 Å². The van der Waals surface area contributed by atoms with Crippen molar-refractivity contribution in [2.45, 2.75) is 18.9 Å². The highest BCUT2D eigenvalue weighted by Gasteiger charge is 2.33. The molecule has 0 spiro atoms. The van der Waals surface area contributed by atoms with E-state index in [-0.39, 0.29) is 25.0 Å². The monoisotopic (exact) mass is 484 g/mol. The number of hydrogen-bond acceptors (Lipinski definition) is 3. The molecule has 7 heteroatoms. The highest BCUT2D eigenvalue weighted by atomic mass is 35.5. The maximum Gasteiger partial charge on any atom is 0.226 e. The Hall–Kier alpha value is -2.96. The predicted molar refractivity (Wildman–Crippen MR) is 129 cm³/mol. The van der Waals surface area contributed by atoms with Crippen molar-refractivity contribution in [1.29, 1.82) is 0 Å². The summed E-state index contributed by atoms with van der Waals surface area (Å²) >= 11 is 6.22. The van der Waals surface area contributed by atoms with E-state index in [9.17, 15) is 9.18 Å². The van der Waals surface area contributed by atoms with Gasteiger partial charge in [0.2, 0.25) is 5.91 Å². The minimum Gasteiger partial charge on any atom is -0.490 e. The lowest BCUT2D eigenvalue weighted by Gasteiger charge is -2.36. The van der Waals surface area contributed by atoms with Gasteiger partial charge in [-0.15, -0.1) is 0 Å². The summed E-state index contributed by atoms with van der Waals surface area (Å²) in [6.45, 7) is 1.89. The summed E-state index contributed by atoms with van der Waals surface area (Å²) in [6.07, 6.45) is 1.40. The summed E-state index contributed by atoms with van der Waals surface area (Å²) in [4.78, 5) is 15.5. The number of benzene rings is 3. The van der Waals surface area contributed by atoms with Gasteiger partial charge in [0.15, 0.2) is 0 Å². The Morgan fingerprint density at radius 3 is 2.38 bits per heavy atom. The first-order valence-corrected chi connectivity index (χ1v) is 11.8. The molecule has 34 heavy (non-hydrogen) atoms. The van der Waals surface area contributed by atoms with Gasteiger partial charge in [0.25, 0.3) is 0 Å². The number of amides is 1. The lowest BCUT2D eigenvalue weighted by atomic mass is 9.92. The first-order valence-electron chi connectivity index (χ1n) is 11.4. The van der Waals surface area contributed by atoms with E-state index in [0.29, 0.717) is 34.7 Å². The minimum absolute atomic E-state index is 0.0677. The molecule has 3 aromatic rings. The molecule has 0 unspecified atom stereocenters. The van der Waals surface area contributed by atoms with Crippen molar-refractivity contribution in [3.63, 3.8) is 0 Å². The van der Waals surface area contributed by atoms with E-state index in [2.05, 4.69) is 5.32 Å². The third-order valence-corrected chi connectivity index (χ3v) is 6.41. The van der Waals surface area contributed by atoms with Crippen LogP contribution in [-0.2, 0) is 4.79 Å². The number of para-hydroxylation sites is 1. The van der Waals surface area contributed by atoms with E-state index in [1.807, 2.05) is 12.1 Å². The molecule has 1 saturated heterocycles. The molecule has 1 atom stereocenters. The average Bonchev–Trinajstić information content (AvgIpc) is 2.86. The van der Waals surface area contributed by atoms with Gasteiger partial charge in [-0.3, -0.25) is 4.79 Å². The van der Waals surface area contributed by atoms with Crippen molar-refractivity contribution in [2.24, 2.45) is 5.92 Å². The summed E-state index contributed by atoms with van der Waals surface area (Å²) < 4.78 is 34.6. The normalized spacial score (nSPS) is 15.0. The highest BCUT2D eigenvalue weighted by molar-refractivity contribution is 6.32. The largest absolute Gasteiger partial charge is 0.490 e. The number of ether oxygens (including phenoxy) is 1. The second-order valence-corrected chi connectivity index (χ2v) is 8.72. The van der Waals surface area contributed by atoms with Gasteiger partial charge >= 0.3 is 0 Å². The number of nitrogens with one attached hydrogen (secondary N) is 1. The standard InChI is InChI=1S/C27H27ClF2N2O2/c28-23-6-2-4-8-25(23)34-18-17-32(27(33)20-13-15-31-16-14-20)26(19-9-11-21(29)12-10-19)22-5-1-3-7-24(22)30/h1-12,20,26,31H,13-18H2/t26-/m0/s1. The van der Waals surface area contributed by atoms with Crippen LogP contribution >= 0.6 is 11.6 Å². The highest BCUT2D eigenvalue weighted by Crippen LogP contribution is 2.33. The van der Waals surface area contributed by atoms with Crippen LogP contribution in [0, 0.1) is 17.6 Å². The maximum atomic E-state index is 15.0. The molecule has 0 aliphatic carbocycles. The molecule has 4 nitrogen and oxygen atoms in total. The van der Waals surface area contributed by atoms with Gasteiger partial charge < -0.3 is 15.0 Å². The Morgan fingerprint density at radius 2 is 1.68 bits per heavy atom. The molecule has 0 aromatic heterocycles. The van der Waals surface area contributed by atoms with Crippen LogP contribution in [-0.4, -0.2) is 37.0 Å². The molecule has 1 aliphatic heterocycles. The molecule has 4 rings (SSSR count). The fourth-order valence-corrected chi connectivity index (χ4v) is 4.55. The number of piperidine rings is 1. The van der Waals surface area contributed by atoms with E-state index >= 15 is 4.39 Å². The Bertz CT molecular complexity index is 1100. The average molecular weight is 485 g/mol. The van der Waals surface area contributed by atoms with Crippen LogP contribution in [0.5, 0.6) is 5.75 Å². The summed E-state index contributed by atoms with van der Waals surface area (Å²) in [6, 6.07) is 18.7. The molecule has 1 aliphatic rings. The van der Waals surface area contributed by atoms with E-state index in [4.69, 9.17) is 16.3 Å². The van der Waals surface area contributed by atoms with Gasteiger partial charge in [0, 0.05) is 11.5 Å². The third-order valence-electron chi connectivity index (χ3n) is 6.10. The second-order valence-electron chi connectivity index (χ2n) is 8.31. The van der Waals surface area contributed by atoms with Gasteiger partial charge in [-0.1, -0.05) is 54.1 Å². The summed E-state index contributed by atoms with van der Waals surface area (Å²) in [5.74, 6) is -0.554. The fraction of sp³-hybridized carbons (Fsp3) is 0.296.